The summed E-state index contributed by atoms with van der Waals surface area (Å²) in [7, 11) is 4.24. The van der Waals surface area contributed by atoms with Gasteiger partial charge in [0.1, 0.15) is 0 Å². The maximum Gasteiger partial charge on any atom is 0.302 e. The Bertz CT molecular complexity index is 1300. The number of carbonyl (C=O) groups excluding carboxylic acids is 1. The fourth-order valence-corrected chi connectivity index (χ4v) is 3.68. The number of guanidine groups is 1. The minimum atomic E-state index is -0.832. The average Bonchev–Trinajstić information content (AvgIpc) is 2.98. The van der Waals surface area contributed by atoms with E-state index < -0.39 is 11.9 Å². The molecule has 38 heavy (non-hydrogen) atoms. The molecule has 0 radical (unpaired) electrons. The summed E-state index contributed by atoms with van der Waals surface area (Å²) in [5.41, 5.74) is 27.1. The number of benzene rings is 2. The Morgan fingerprint density at radius 3 is 1.95 bits per heavy atom. The van der Waals surface area contributed by atoms with Crippen molar-refractivity contribution < 1.29 is 4.79 Å². The van der Waals surface area contributed by atoms with Crippen LogP contribution in [0.15, 0.2) is 59.6 Å². The monoisotopic (exact) mass is 576 g/mol. The number of aromatic nitrogens is 2. The number of nitrogen functional groups attached to an aromatic ring is 2. The molecule has 1 heterocycles. The summed E-state index contributed by atoms with van der Waals surface area (Å²) >= 11 is 5.55. The number of halogens is 3. The first-order valence-electron chi connectivity index (χ1n) is 11.1. The summed E-state index contributed by atoms with van der Waals surface area (Å²) in [5, 5.41) is -0.140. The standard InChI is InChI=1S/C20H21N.C6H8ClN7O.2ClH/c1-21(2)15-7-12-20-18-10-5-3-8-16(18)13-14-17-9-4-6-11-19(17)20;7-2-4(9)13-3(8)1(12-2)5(15)14-6(10)11;;/h3-6,8-14H,7,15H2,1-2H3;(H4,8,9,13)(H4,10,11,14,15);2*1H. The Morgan fingerprint density at radius 1 is 0.921 bits per heavy atom. The molecular formula is C26H31Cl3N8O. The van der Waals surface area contributed by atoms with Crippen molar-refractivity contribution in [1.82, 2.24) is 14.9 Å². The highest BCUT2D eigenvalue weighted by molar-refractivity contribution is 6.31. The number of hydrogen-bond donors (Lipinski definition) is 4. The second-order valence-electron chi connectivity index (χ2n) is 8.19. The molecule has 1 aliphatic carbocycles. The van der Waals surface area contributed by atoms with Gasteiger partial charge in [0.15, 0.2) is 28.4 Å². The number of hydrogen-bond acceptors (Lipinski definition) is 6. The van der Waals surface area contributed by atoms with Gasteiger partial charge in [-0.1, -0.05) is 78.4 Å². The van der Waals surface area contributed by atoms with E-state index in [0.717, 1.165) is 13.0 Å². The maximum atomic E-state index is 11.3. The first-order chi connectivity index (χ1) is 17.2. The van der Waals surface area contributed by atoms with Crippen LogP contribution in [0.25, 0.3) is 17.7 Å². The minimum absolute atomic E-state index is 0. The van der Waals surface area contributed by atoms with Crippen molar-refractivity contribution in [1.29, 1.82) is 0 Å². The molecule has 0 spiro atoms. The number of rotatable bonds is 4. The van der Waals surface area contributed by atoms with E-state index >= 15 is 0 Å². The topological polar surface area (TPSA) is 163 Å². The van der Waals surface area contributed by atoms with Crippen LogP contribution in [0, 0.1) is 0 Å². The Balaban J connectivity index is 0.000000381. The van der Waals surface area contributed by atoms with Crippen molar-refractivity contribution in [3.8, 4) is 0 Å². The summed E-state index contributed by atoms with van der Waals surface area (Å²) in [5.74, 6) is -1.50. The predicted molar refractivity (Wildman–Crippen MR) is 163 cm³/mol. The molecule has 0 fully saturated rings. The summed E-state index contributed by atoms with van der Waals surface area (Å²) in [4.78, 5) is 24.0. The highest BCUT2D eigenvalue weighted by Gasteiger charge is 2.15. The number of aliphatic imine (C=N–C) groups is 1. The van der Waals surface area contributed by atoms with Crippen LogP contribution in [0.3, 0.4) is 0 Å². The van der Waals surface area contributed by atoms with E-state index in [1.165, 1.54) is 27.8 Å². The van der Waals surface area contributed by atoms with Crippen LogP contribution in [-0.4, -0.2) is 47.4 Å². The van der Waals surface area contributed by atoms with Gasteiger partial charge in [-0.15, -0.1) is 24.8 Å². The zero-order chi connectivity index (χ0) is 26.2. The van der Waals surface area contributed by atoms with Gasteiger partial charge < -0.3 is 27.8 Å². The van der Waals surface area contributed by atoms with Crippen molar-refractivity contribution >= 4 is 77.6 Å². The van der Waals surface area contributed by atoms with Crippen molar-refractivity contribution in [3.05, 3.63) is 87.7 Å². The molecule has 8 N–H and O–H groups in total. The van der Waals surface area contributed by atoms with Gasteiger partial charge in [0.25, 0.3) is 0 Å². The lowest BCUT2D eigenvalue weighted by Gasteiger charge is -2.13. The van der Waals surface area contributed by atoms with Crippen LogP contribution in [0.5, 0.6) is 0 Å². The van der Waals surface area contributed by atoms with Crippen LogP contribution in [0.4, 0.5) is 11.6 Å². The Kier molecular flexibility index (Phi) is 12.7. The summed E-state index contributed by atoms with van der Waals surface area (Å²) in [6.07, 6.45) is 7.89. The lowest BCUT2D eigenvalue weighted by atomic mass is 9.93. The first-order valence-corrected chi connectivity index (χ1v) is 11.5. The normalized spacial score (nSPS) is 10.9. The molecule has 0 atom stereocenters. The second-order valence-corrected chi connectivity index (χ2v) is 8.55. The van der Waals surface area contributed by atoms with E-state index in [4.69, 9.17) is 34.5 Å². The SMILES string of the molecule is CN(C)CCC=C1c2ccccc2C=Cc2ccccc21.Cl.Cl.NC(N)=NC(=O)c1nc(Cl)c(N)nc1N. The predicted octanol–water partition coefficient (Wildman–Crippen LogP) is 4.11. The number of fused-ring (bicyclic) bond motifs is 2. The fraction of sp³-hybridized carbons (Fsp3) is 0.154. The van der Waals surface area contributed by atoms with E-state index in [0.29, 0.717) is 0 Å². The van der Waals surface area contributed by atoms with E-state index in [1.54, 1.807) is 0 Å². The third-order valence-electron chi connectivity index (χ3n) is 5.21. The minimum Gasteiger partial charge on any atom is -0.382 e. The van der Waals surface area contributed by atoms with Crippen molar-refractivity contribution in [2.45, 2.75) is 6.42 Å². The quantitative estimate of drug-likeness (QED) is 0.208. The summed E-state index contributed by atoms with van der Waals surface area (Å²) < 4.78 is 0. The number of anilines is 2. The summed E-state index contributed by atoms with van der Waals surface area (Å²) in [6.45, 7) is 1.07. The molecule has 0 saturated heterocycles. The van der Waals surface area contributed by atoms with Crippen molar-refractivity contribution in [2.75, 3.05) is 32.1 Å². The molecular weight excluding hydrogens is 547 g/mol. The van der Waals surface area contributed by atoms with Gasteiger partial charge in [-0.05, 0) is 48.3 Å². The summed E-state index contributed by atoms with van der Waals surface area (Å²) in [6, 6.07) is 17.3. The molecule has 1 aliphatic rings. The van der Waals surface area contributed by atoms with Crippen LogP contribution in [0.1, 0.15) is 39.2 Å². The van der Waals surface area contributed by atoms with Gasteiger partial charge in [0.2, 0.25) is 0 Å². The van der Waals surface area contributed by atoms with E-state index in [1.807, 2.05) is 0 Å². The second kappa shape index (κ2) is 14.9. The molecule has 4 rings (SSSR count). The molecule has 2 aromatic carbocycles. The van der Waals surface area contributed by atoms with Gasteiger partial charge in [-0.2, -0.15) is 4.99 Å². The highest BCUT2D eigenvalue weighted by atomic mass is 35.5. The molecule has 9 nitrogen and oxygen atoms in total. The first kappa shape index (κ1) is 32.4. The molecule has 0 aliphatic heterocycles. The highest BCUT2D eigenvalue weighted by Crippen LogP contribution is 2.33. The third kappa shape index (κ3) is 8.46. The van der Waals surface area contributed by atoms with Crippen LogP contribution < -0.4 is 22.9 Å². The van der Waals surface area contributed by atoms with Gasteiger partial charge in [0, 0.05) is 6.54 Å². The Labute approximate surface area is 239 Å². The Morgan fingerprint density at radius 2 is 1.45 bits per heavy atom. The molecule has 0 bridgehead atoms. The molecule has 1 aromatic heterocycles. The number of nitrogens with zero attached hydrogens (tertiary/aromatic N) is 4. The smallest absolute Gasteiger partial charge is 0.302 e. The largest absolute Gasteiger partial charge is 0.382 e. The molecule has 202 valence electrons. The van der Waals surface area contributed by atoms with E-state index in [9.17, 15) is 4.79 Å². The Hall–Kier alpha value is -3.63. The van der Waals surface area contributed by atoms with Gasteiger partial charge >= 0.3 is 5.91 Å². The van der Waals surface area contributed by atoms with Gasteiger partial charge in [0.05, 0.1) is 0 Å². The maximum absolute atomic E-state index is 11.3. The van der Waals surface area contributed by atoms with Crippen molar-refractivity contribution in [3.63, 3.8) is 0 Å². The number of carbonyl (C=O) groups is 1. The number of nitrogens with two attached hydrogens (primary N) is 4. The van der Waals surface area contributed by atoms with Crippen LogP contribution in [0.2, 0.25) is 5.15 Å². The van der Waals surface area contributed by atoms with Crippen LogP contribution >= 0.6 is 36.4 Å². The van der Waals surface area contributed by atoms with Crippen LogP contribution in [-0.2, 0) is 0 Å². The van der Waals surface area contributed by atoms with Gasteiger partial charge in [-0.25, -0.2) is 9.97 Å². The zero-order valence-corrected chi connectivity index (χ0v) is 23.4. The van der Waals surface area contributed by atoms with Gasteiger partial charge in [-0.3, -0.25) is 4.79 Å². The van der Waals surface area contributed by atoms with Crippen molar-refractivity contribution in [2.24, 2.45) is 16.5 Å². The molecule has 1 amide bonds. The third-order valence-corrected chi connectivity index (χ3v) is 5.49. The average molecular weight is 578 g/mol. The number of amides is 1. The zero-order valence-electron chi connectivity index (χ0n) is 21.0. The molecule has 12 heteroatoms. The van der Waals surface area contributed by atoms with E-state index in [-0.39, 0.29) is 47.3 Å². The molecule has 0 saturated carbocycles. The lowest BCUT2D eigenvalue weighted by Crippen LogP contribution is -2.24. The lowest BCUT2D eigenvalue weighted by molar-refractivity contribution is 0.0998. The fourth-order valence-electron chi connectivity index (χ4n) is 3.56. The molecule has 0 unspecified atom stereocenters. The van der Waals surface area contributed by atoms with E-state index in [2.05, 4.69) is 101 Å². The molecule has 3 aromatic rings.